The van der Waals surface area contributed by atoms with Crippen molar-refractivity contribution in [3.8, 4) is 5.75 Å². The number of rotatable bonds is 8. The summed E-state index contributed by atoms with van der Waals surface area (Å²) in [4.78, 5) is 0.103. The second kappa shape index (κ2) is 8.10. The van der Waals surface area contributed by atoms with Crippen molar-refractivity contribution in [2.75, 3.05) is 13.1 Å². The Morgan fingerprint density at radius 3 is 2.38 bits per heavy atom. The predicted molar refractivity (Wildman–Crippen MR) is 93.5 cm³/mol. The molecular formula is C18H21NO4S. The van der Waals surface area contributed by atoms with Crippen LogP contribution in [-0.2, 0) is 10.1 Å². The third-order valence-corrected chi connectivity index (χ3v) is 4.67. The van der Waals surface area contributed by atoms with E-state index in [4.69, 9.17) is 4.18 Å². The Morgan fingerprint density at radius 2 is 1.79 bits per heavy atom. The van der Waals surface area contributed by atoms with Gasteiger partial charge in [0.15, 0.2) is 0 Å². The van der Waals surface area contributed by atoms with Crippen LogP contribution in [0.15, 0.2) is 66.1 Å². The van der Waals surface area contributed by atoms with E-state index in [9.17, 15) is 13.5 Å². The number of aryl methyl sites for hydroxylation is 1. The van der Waals surface area contributed by atoms with E-state index in [1.54, 1.807) is 30.3 Å². The standard InChI is InChI=1S/C18H21NO4S/c1-3-12-19-13-18(20)15-6-8-16(9-7-15)23-24(21,22)17-10-4-14(2)5-11-17/h3-11,18-20H,1,12-13H2,2H3/t18-/m0/s1. The molecule has 2 aromatic rings. The Bertz CT molecular complexity index is 768. The smallest absolute Gasteiger partial charge is 0.339 e. The molecule has 0 aliphatic carbocycles. The molecule has 0 aliphatic heterocycles. The molecule has 0 aliphatic rings. The molecule has 0 spiro atoms. The molecule has 128 valence electrons. The molecule has 0 unspecified atom stereocenters. The summed E-state index contributed by atoms with van der Waals surface area (Å²) in [5.41, 5.74) is 1.64. The SMILES string of the molecule is C=CCNC[C@H](O)c1ccc(OS(=O)(=O)c2ccc(C)cc2)cc1. The van der Waals surface area contributed by atoms with E-state index >= 15 is 0 Å². The topological polar surface area (TPSA) is 75.6 Å². The fourth-order valence-electron chi connectivity index (χ4n) is 2.07. The molecule has 2 aromatic carbocycles. The predicted octanol–water partition coefficient (Wildman–Crippen LogP) is 2.57. The Balaban J connectivity index is 2.05. The number of hydrogen-bond acceptors (Lipinski definition) is 5. The molecule has 0 aromatic heterocycles. The van der Waals surface area contributed by atoms with Gasteiger partial charge in [0.1, 0.15) is 10.6 Å². The summed E-state index contributed by atoms with van der Waals surface area (Å²) in [6.45, 7) is 6.46. The highest BCUT2D eigenvalue weighted by Gasteiger charge is 2.16. The van der Waals surface area contributed by atoms with Gasteiger partial charge in [-0.15, -0.1) is 6.58 Å². The van der Waals surface area contributed by atoms with Crippen molar-refractivity contribution in [2.24, 2.45) is 0 Å². The molecule has 2 N–H and O–H groups in total. The van der Waals surface area contributed by atoms with Gasteiger partial charge in [-0.1, -0.05) is 35.9 Å². The Kier molecular flexibility index (Phi) is 6.14. The maximum Gasteiger partial charge on any atom is 0.339 e. The summed E-state index contributed by atoms with van der Waals surface area (Å²) in [6, 6.07) is 12.8. The number of aliphatic hydroxyl groups excluding tert-OH is 1. The molecule has 0 bridgehead atoms. The van der Waals surface area contributed by atoms with Crippen molar-refractivity contribution in [2.45, 2.75) is 17.9 Å². The lowest BCUT2D eigenvalue weighted by Gasteiger charge is -2.12. The first kappa shape index (κ1) is 18.2. The zero-order chi connectivity index (χ0) is 17.6. The minimum absolute atomic E-state index is 0.103. The molecule has 2 rings (SSSR count). The molecule has 1 atom stereocenters. The summed E-state index contributed by atoms with van der Waals surface area (Å²) >= 11 is 0. The zero-order valence-electron chi connectivity index (χ0n) is 13.5. The van der Waals surface area contributed by atoms with E-state index in [1.165, 1.54) is 24.3 Å². The van der Waals surface area contributed by atoms with Crippen LogP contribution in [0, 0.1) is 6.92 Å². The summed E-state index contributed by atoms with van der Waals surface area (Å²) in [7, 11) is -3.87. The maximum absolute atomic E-state index is 12.2. The van der Waals surface area contributed by atoms with Crippen LogP contribution in [0.25, 0.3) is 0 Å². The van der Waals surface area contributed by atoms with Gasteiger partial charge in [0, 0.05) is 13.1 Å². The molecule has 0 fully saturated rings. The zero-order valence-corrected chi connectivity index (χ0v) is 14.3. The highest BCUT2D eigenvalue weighted by molar-refractivity contribution is 7.87. The Morgan fingerprint density at radius 1 is 1.17 bits per heavy atom. The lowest BCUT2D eigenvalue weighted by atomic mass is 10.1. The van der Waals surface area contributed by atoms with Crippen molar-refractivity contribution >= 4 is 10.1 Å². The van der Waals surface area contributed by atoms with Gasteiger partial charge in [0.05, 0.1) is 6.10 Å². The Labute approximate surface area is 142 Å². The van der Waals surface area contributed by atoms with Crippen molar-refractivity contribution in [3.63, 3.8) is 0 Å². The van der Waals surface area contributed by atoms with Crippen molar-refractivity contribution in [3.05, 3.63) is 72.3 Å². The van der Waals surface area contributed by atoms with Gasteiger partial charge in [0.2, 0.25) is 0 Å². The fourth-order valence-corrected chi connectivity index (χ4v) is 3.00. The van der Waals surface area contributed by atoms with Gasteiger partial charge in [-0.05, 0) is 36.8 Å². The minimum Gasteiger partial charge on any atom is -0.387 e. The lowest BCUT2D eigenvalue weighted by molar-refractivity contribution is 0.176. The van der Waals surface area contributed by atoms with E-state index in [1.807, 2.05) is 6.92 Å². The molecule has 6 heteroatoms. The van der Waals surface area contributed by atoms with Crippen molar-refractivity contribution in [1.82, 2.24) is 5.32 Å². The van der Waals surface area contributed by atoms with Crippen LogP contribution >= 0.6 is 0 Å². The van der Waals surface area contributed by atoms with Crippen molar-refractivity contribution < 1.29 is 17.7 Å². The van der Waals surface area contributed by atoms with Gasteiger partial charge in [-0.3, -0.25) is 0 Å². The molecule has 5 nitrogen and oxygen atoms in total. The number of aliphatic hydroxyl groups is 1. The van der Waals surface area contributed by atoms with E-state index in [0.29, 0.717) is 18.7 Å². The van der Waals surface area contributed by atoms with Gasteiger partial charge >= 0.3 is 10.1 Å². The van der Waals surface area contributed by atoms with Crippen molar-refractivity contribution in [1.29, 1.82) is 0 Å². The van der Waals surface area contributed by atoms with Crippen LogP contribution in [0.4, 0.5) is 0 Å². The first-order valence-corrected chi connectivity index (χ1v) is 8.94. The third kappa shape index (κ3) is 4.92. The number of benzene rings is 2. The van der Waals surface area contributed by atoms with E-state index in [0.717, 1.165) is 5.56 Å². The Hall–Kier alpha value is -2.15. The number of nitrogens with one attached hydrogen (secondary N) is 1. The van der Waals surface area contributed by atoms with Gasteiger partial charge in [0.25, 0.3) is 0 Å². The fraction of sp³-hybridized carbons (Fsp3) is 0.222. The average Bonchev–Trinajstić information content (AvgIpc) is 2.55. The number of hydrogen-bond donors (Lipinski definition) is 2. The summed E-state index contributed by atoms with van der Waals surface area (Å²) in [5, 5.41) is 13.0. The monoisotopic (exact) mass is 347 g/mol. The molecule has 0 radical (unpaired) electrons. The normalized spacial score (nSPS) is 12.6. The van der Waals surface area contributed by atoms with Gasteiger partial charge in [-0.25, -0.2) is 0 Å². The van der Waals surface area contributed by atoms with E-state index < -0.39 is 16.2 Å². The van der Waals surface area contributed by atoms with Crippen LogP contribution in [0.3, 0.4) is 0 Å². The molecule has 0 heterocycles. The summed E-state index contributed by atoms with van der Waals surface area (Å²) in [6.07, 6.45) is 1.02. The van der Waals surface area contributed by atoms with Crippen LogP contribution in [0.5, 0.6) is 5.75 Å². The largest absolute Gasteiger partial charge is 0.387 e. The third-order valence-electron chi connectivity index (χ3n) is 3.41. The molecule has 0 saturated carbocycles. The molecule has 24 heavy (non-hydrogen) atoms. The highest BCUT2D eigenvalue weighted by Crippen LogP contribution is 2.21. The molecule has 0 amide bonds. The van der Waals surface area contributed by atoms with Crippen LogP contribution < -0.4 is 9.50 Å². The first-order chi connectivity index (χ1) is 11.4. The minimum atomic E-state index is -3.87. The highest BCUT2D eigenvalue weighted by atomic mass is 32.2. The lowest BCUT2D eigenvalue weighted by Crippen LogP contribution is -2.21. The van der Waals surface area contributed by atoms with Gasteiger partial charge < -0.3 is 14.6 Å². The maximum atomic E-state index is 12.2. The van der Waals surface area contributed by atoms with E-state index in [2.05, 4.69) is 11.9 Å². The summed E-state index contributed by atoms with van der Waals surface area (Å²) < 4.78 is 29.6. The quantitative estimate of drug-likeness (QED) is 0.436. The van der Waals surface area contributed by atoms with Crippen LogP contribution in [0.1, 0.15) is 17.2 Å². The van der Waals surface area contributed by atoms with Crippen LogP contribution in [-0.4, -0.2) is 26.6 Å². The second-order valence-electron chi connectivity index (χ2n) is 5.38. The second-order valence-corrected chi connectivity index (χ2v) is 6.93. The molecular weight excluding hydrogens is 326 g/mol. The van der Waals surface area contributed by atoms with Crippen LogP contribution in [0.2, 0.25) is 0 Å². The van der Waals surface area contributed by atoms with Gasteiger partial charge in [-0.2, -0.15) is 8.42 Å². The van der Waals surface area contributed by atoms with E-state index in [-0.39, 0.29) is 10.6 Å². The summed E-state index contributed by atoms with van der Waals surface area (Å²) in [5.74, 6) is 0.200. The average molecular weight is 347 g/mol. The first-order valence-electron chi connectivity index (χ1n) is 7.53. The molecule has 0 saturated heterocycles.